The van der Waals surface area contributed by atoms with Gasteiger partial charge in [0.15, 0.2) is 0 Å². The molecule has 106 valence electrons. The van der Waals surface area contributed by atoms with E-state index in [1.54, 1.807) is 12.3 Å². The largest absolute Gasteiger partial charge is 0.387 e. The molecule has 2 N–H and O–H groups in total. The lowest BCUT2D eigenvalue weighted by Crippen LogP contribution is -2.19. The Balaban J connectivity index is 1.96. The topological polar surface area (TPSA) is 80.0 Å². The highest BCUT2D eigenvalue weighted by molar-refractivity contribution is 9.10. The molecule has 1 heterocycles. The van der Waals surface area contributed by atoms with E-state index >= 15 is 0 Å². The summed E-state index contributed by atoms with van der Waals surface area (Å²) < 4.78 is 2.30. The highest BCUT2D eigenvalue weighted by Gasteiger charge is 2.11. The quantitative estimate of drug-likeness (QED) is 0.875. The van der Waals surface area contributed by atoms with Gasteiger partial charge in [0, 0.05) is 10.2 Å². The maximum absolute atomic E-state index is 11.9. The zero-order valence-electron chi connectivity index (χ0n) is 11.0. The average molecular weight is 339 g/mol. The molecule has 2 rings (SSSR count). The van der Waals surface area contributed by atoms with Crippen LogP contribution in [0.15, 0.2) is 34.9 Å². The van der Waals surface area contributed by atoms with E-state index in [9.17, 15) is 9.90 Å². The fraction of sp³-hybridized carbons (Fsp3) is 0.308. The van der Waals surface area contributed by atoms with Gasteiger partial charge in [-0.25, -0.2) is 4.68 Å². The first-order valence-corrected chi connectivity index (χ1v) is 7.01. The Morgan fingerprint density at radius 3 is 3.05 bits per heavy atom. The van der Waals surface area contributed by atoms with Crippen LogP contribution in [0.4, 0.5) is 5.69 Å². The summed E-state index contributed by atoms with van der Waals surface area (Å²) >= 11 is 3.34. The van der Waals surface area contributed by atoms with Crippen molar-refractivity contribution in [3.63, 3.8) is 0 Å². The maximum Gasteiger partial charge on any atom is 0.246 e. The van der Waals surface area contributed by atoms with Crippen molar-refractivity contribution in [1.29, 1.82) is 0 Å². The molecule has 2 aromatic rings. The van der Waals surface area contributed by atoms with Gasteiger partial charge in [-0.3, -0.25) is 4.79 Å². The van der Waals surface area contributed by atoms with Crippen LogP contribution in [0, 0.1) is 0 Å². The van der Waals surface area contributed by atoms with Gasteiger partial charge in [-0.1, -0.05) is 34.1 Å². The van der Waals surface area contributed by atoms with E-state index in [1.165, 1.54) is 4.68 Å². The molecule has 20 heavy (non-hydrogen) atoms. The van der Waals surface area contributed by atoms with E-state index < -0.39 is 6.10 Å². The lowest BCUT2D eigenvalue weighted by atomic mass is 10.2. The van der Waals surface area contributed by atoms with Gasteiger partial charge in [0.25, 0.3) is 0 Å². The molecule has 0 saturated heterocycles. The van der Waals surface area contributed by atoms with Crippen LogP contribution >= 0.6 is 15.9 Å². The predicted molar refractivity (Wildman–Crippen MR) is 78.0 cm³/mol. The van der Waals surface area contributed by atoms with Crippen LogP contribution in [-0.2, 0) is 11.3 Å². The minimum Gasteiger partial charge on any atom is -0.387 e. The molecule has 0 spiro atoms. The van der Waals surface area contributed by atoms with Crippen molar-refractivity contribution < 1.29 is 9.90 Å². The number of amides is 1. The van der Waals surface area contributed by atoms with Crippen LogP contribution < -0.4 is 5.32 Å². The van der Waals surface area contributed by atoms with Crippen molar-refractivity contribution in [3.8, 4) is 0 Å². The van der Waals surface area contributed by atoms with Gasteiger partial charge in [0.2, 0.25) is 5.91 Å². The molecule has 0 saturated carbocycles. The van der Waals surface area contributed by atoms with Gasteiger partial charge in [-0.05, 0) is 24.6 Å². The molecule has 0 aliphatic carbocycles. The van der Waals surface area contributed by atoms with Gasteiger partial charge in [0.05, 0.1) is 12.3 Å². The Morgan fingerprint density at radius 2 is 2.35 bits per heavy atom. The third kappa shape index (κ3) is 3.88. The van der Waals surface area contributed by atoms with Gasteiger partial charge >= 0.3 is 0 Å². The van der Waals surface area contributed by atoms with Gasteiger partial charge in [-0.15, -0.1) is 5.10 Å². The van der Waals surface area contributed by atoms with Crippen LogP contribution in [0.2, 0.25) is 0 Å². The van der Waals surface area contributed by atoms with Crippen molar-refractivity contribution in [2.75, 3.05) is 5.32 Å². The molecule has 1 aromatic heterocycles. The standard InChI is InChI=1S/C13H15BrN4O2/c1-2-12(19)11-7-18(17-16-11)8-13(20)15-10-5-3-4-9(14)6-10/h3-7,12,19H,2,8H2,1H3,(H,15,20). The van der Waals surface area contributed by atoms with Gasteiger partial charge in [-0.2, -0.15) is 0 Å². The highest BCUT2D eigenvalue weighted by Crippen LogP contribution is 2.16. The third-order valence-corrected chi connectivity index (χ3v) is 3.19. The number of anilines is 1. The molecular weight excluding hydrogens is 324 g/mol. The molecule has 0 fully saturated rings. The van der Waals surface area contributed by atoms with E-state index in [-0.39, 0.29) is 12.5 Å². The highest BCUT2D eigenvalue weighted by atomic mass is 79.9. The second-order valence-electron chi connectivity index (χ2n) is 4.32. The third-order valence-electron chi connectivity index (χ3n) is 2.70. The molecule has 1 aromatic carbocycles. The summed E-state index contributed by atoms with van der Waals surface area (Å²) in [4.78, 5) is 11.9. The zero-order chi connectivity index (χ0) is 14.5. The van der Waals surface area contributed by atoms with E-state index in [0.29, 0.717) is 17.8 Å². The number of rotatable bonds is 5. The van der Waals surface area contributed by atoms with Crippen LogP contribution in [-0.4, -0.2) is 26.0 Å². The molecular formula is C13H15BrN4O2. The molecule has 1 atom stereocenters. The van der Waals surface area contributed by atoms with Crippen molar-refractivity contribution in [3.05, 3.63) is 40.6 Å². The summed E-state index contributed by atoms with van der Waals surface area (Å²) in [5.74, 6) is -0.203. The average Bonchev–Trinajstić information content (AvgIpc) is 2.86. The number of aromatic nitrogens is 3. The van der Waals surface area contributed by atoms with Crippen LogP contribution in [0.25, 0.3) is 0 Å². The fourth-order valence-electron chi connectivity index (χ4n) is 1.67. The minimum absolute atomic E-state index is 0.0515. The summed E-state index contributed by atoms with van der Waals surface area (Å²) in [6.07, 6.45) is 1.49. The number of hydrogen-bond acceptors (Lipinski definition) is 4. The van der Waals surface area contributed by atoms with E-state index in [2.05, 4.69) is 31.6 Å². The summed E-state index contributed by atoms with van der Waals surface area (Å²) in [7, 11) is 0. The van der Waals surface area contributed by atoms with Crippen molar-refractivity contribution in [1.82, 2.24) is 15.0 Å². The SMILES string of the molecule is CCC(O)c1cn(CC(=O)Nc2cccc(Br)c2)nn1. The van der Waals surface area contributed by atoms with Crippen LogP contribution in [0.3, 0.4) is 0 Å². The molecule has 1 unspecified atom stereocenters. The summed E-state index contributed by atoms with van der Waals surface area (Å²) in [6.45, 7) is 1.90. The molecule has 0 bridgehead atoms. The zero-order valence-corrected chi connectivity index (χ0v) is 12.5. The number of aliphatic hydroxyl groups is 1. The van der Waals surface area contributed by atoms with Crippen molar-refractivity contribution in [2.24, 2.45) is 0 Å². The Hall–Kier alpha value is -1.73. The lowest BCUT2D eigenvalue weighted by Gasteiger charge is -2.05. The molecule has 1 amide bonds. The number of carbonyl (C=O) groups is 1. The van der Waals surface area contributed by atoms with Crippen LogP contribution in [0.1, 0.15) is 25.1 Å². The maximum atomic E-state index is 11.9. The normalized spacial score (nSPS) is 12.2. The van der Waals surface area contributed by atoms with Gasteiger partial charge in [0.1, 0.15) is 12.2 Å². The summed E-state index contributed by atoms with van der Waals surface area (Å²) in [5, 5.41) is 20.0. The molecule has 7 heteroatoms. The molecule has 0 aliphatic heterocycles. The molecule has 6 nitrogen and oxygen atoms in total. The monoisotopic (exact) mass is 338 g/mol. The number of aliphatic hydroxyl groups excluding tert-OH is 1. The molecule has 0 aliphatic rings. The van der Waals surface area contributed by atoms with E-state index in [4.69, 9.17) is 0 Å². The van der Waals surface area contributed by atoms with Crippen LogP contribution in [0.5, 0.6) is 0 Å². The lowest BCUT2D eigenvalue weighted by molar-refractivity contribution is -0.116. The summed E-state index contributed by atoms with van der Waals surface area (Å²) in [6, 6.07) is 7.33. The number of hydrogen-bond donors (Lipinski definition) is 2. The number of nitrogens with one attached hydrogen (secondary N) is 1. The first kappa shape index (κ1) is 14.7. The Morgan fingerprint density at radius 1 is 1.55 bits per heavy atom. The summed E-state index contributed by atoms with van der Waals surface area (Å²) in [5.41, 5.74) is 1.18. The Kier molecular flexibility index (Phi) is 4.86. The smallest absolute Gasteiger partial charge is 0.246 e. The Labute approximate surface area is 124 Å². The number of nitrogens with zero attached hydrogens (tertiary/aromatic N) is 3. The van der Waals surface area contributed by atoms with Gasteiger partial charge < -0.3 is 10.4 Å². The fourth-order valence-corrected chi connectivity index (χ4v) is 2.07. The Bertz CT molecular complexity index is 600. The molecule has 0 radical (unpaired) electrons. The first-order chi connectivity index (χ1) is 9.58. The van der Waals surface area contributed by atoms with Crippen molar-refractivity contribution in [2.45, 2.75) is 26.0 Å². The second-order valence-corrected chi connectivity index (χ2v) is 5.24. The second kappa shape index (κ2) is 6.62. The minimum atomic E-state index is -0.642. The number of halogens is 1. The number of benzene rings is 1. The van der Waals surface area contributed by atoms with E-state index in [0.717, 1.165) is 4.47 Å². The van der Waals surface area contributed by atoms with E-state index in [1.807, 2.05) is 25.1 Å². The van der Waals surface area contributed by atoms with Crippen molar-refractivity contribution >= 4 is 27.5 Å². The number of carbonyl (C=O) groups excluding carboxylic acids is 1. The predicted octanol–water partition coefficient (Wildman–Crippen LogP) is 2.12. The first-order valence-electron chi connectivity index (χ1n) is 6.22.